The van der Waals surface area contributed by atoms with Crippen molar-refractivity contribution in [3.63, 3.8) is 0 Å². The second kappa shape index (κ2) is 6.06. The SMILES string of the molecule is CN(Cc1ccco1)C(=O)Cc1ccccc1C(=O)O. The Hall–Kier alpha value is -2.56. The minimum Gasteiger partial charge on any atom is -0.478 e. The van der Waals surface area contributed by atoms with Crippen LogP contribution in [0.3, 0.4) is 0 Å². The highest BCUT2D eigenvalue weighted by Crippen LogP contribution is 2.12. The summed E-state index contributed by atoms with van der Waals surface area (Å²) in [5, 5.41) is 9.08. The highest BCUT2D eigenvalue weighted by atomic mass is 16.4. The minimum atomic E-state index is -1.03. The van der Waals surface area contributed by atoms with Gasteiger partial charge in [-0.25, -0.2) is 4.79 Å². The lowest BCUT2D eigenvalue weighted by molar-refractivity contribution is -0.129. The van der Waals surface area contributed by atoms with Crippen LogP contribution in [0.15, 0.2) is 47.1 Å². The largest absolute Gasteiger partial charge is 0.478 e. The molecule has 20 heavy (non-hydrogen) atoms. The van der Waals surface area contributed by atoms with E-state index in [9.17, 15) is 9.59 Å². The highest BCUT2D eigenvalue weighted by Gasteiger charge is 2.16. The Balaban J connectivity index is 2.06. The quantitative estimate of drug-likeness (QED) is 0.906. The zero-order valence-corrected chi connectivity index (χ0v) is 11.1. The van der Waals surface area contributed by atoms with E-state index in [0.717, 1.165) is 0 Å². The van der Waals surface area contributed by atoms with Gasteiger partial charge in [-0.05, 0) is 23.8 Å². The first-order chi connectivity index (χ1) is 9.58. The molecule has 0 radical (unpaired) electrons. The molecule has 0 atom stereocenters. The molecule has 0 saturated carbocycles. The molecule has 2 rings (SSSR count). The van der Waals surface area contributed by atoms with E-state index in [1.807, 2.05) is 0 Å². The molecular formula is C15H15NO4. The number of nitrogens with zero attached hydrogens (tertiary/aromatic N) is 1. The van der Waals surface area contributed by atoms with Crippen LogP contribution in [-0.4, -0.2) is 28.9 Å². The second-order valence-corrected chi connectivity index (χ2v) is 4.47. The van der Waals surface area contributed by atoms with Gasteiger partial charge in [-0.2, -0.15) is 0 Å². The smallest absolute Gasteiger partial charge is 0.335 e. The van der Waals surface area contributed by atoms with E-state index in [4.69, 9.17) is 9.52 Å². The van der Waals surface area contributed by atoms with Crippen molar-refractivity contribution in [1.29, 1.82) is 0 Å². The third kappa shape index (κ3) is 3.26. The van der Waals surface area contributed by atoms with Crippen LogP contribution in [-0.2, 0) is 17.8 Å². The molecule has 0 aliphatic heterocycles. The topological polar surface area (TPSA) is 70.8 Å². The van der Waals surface area contributed by atoms with Gasteiger partial charge in [0.25, 0.3) is 0 Å². The van der Waals surface area contributed by atoms with Gasteiger partial charge in [0.1, 0.15) is 5.76 Å². The van der Waals surface area contributed by atoms with Crippen LogP contribution in [0, 0.1) is 0 Å². The van der Waals surface area contributed by atoms with E-state index in [-0.39, 0.29) is 17.9 Å². The molecule has 1 heterocycles. The number of carboxylic acid groups (broad SMARTS) is 1. The third-order valence-electron chi connectivity index (χ3n) is 2.99. The molecule has 0 unspecified atom stereocenters. The Morgan fingerprint density at radius 2 is 1.95 bits per heavy atom. The van der Waals surface area contributed by atoms with E-state index in [1.165, 1.54) is 11.0 Å². The first-order valence-electron chi connectivity index (χ1n) is 6.15. The number of benzene rings is 1. The molecule has 0 aliphatic rings. The fourth-order valence-electron chi connectivity index (χ4n) is 1.91. The van der Waals surface area contributed by atoms with Gasteiger partial charge >= 0.3 is 5.97 Å². The number of likely N-dealkylation sites (N-methyl/N-ethyl adjacent to an activating group) is 1. The zero-order chi connectivity index (χ0) is 14.5. The summed E-state index contributed by atoms with van der Waals surface area (Å²) in [6.45, 7) is 0.362. The molecule has 2 aromatic rings. The lowest BCUT2D eigenvalue weighted by Gasteiger charge is -2.16. The van der Waals surface area contributed by atoms with Gasteiger partial charge < -0.3 is 14.4 Å². The van der Waals surface area contributed by atoms with Crippen molar-refractivity contribution < 1.29 is 19.1 Å². The number of furan rings is 1. The van der Waals surface area contributed by atoms with Crippen LogP contribution in [0.5, 0.6) is 0 Å². The van der Waals surface area contributed by atoms with Gasteiger partial charge in [0.15, 0.2) is 0 Å². The van der Waals surface area contributed by atoms with E-state index >= 15 is 0 Å². The average Bonchev–Trinajstić information content (AvgIpc) is 2.91. The molecular weight excluding hydrogens is 258 g/mol. The molecule has 5 nitrogen and oxygen atoms in total. The molecule has 1 amide bonds. The first-order valence-corrected chi connectivity index (χ1v) is 6.15. The van der Waals surface area contributed by atoms with Crippen molar-refractivity contribution in [3.8, 4) is 0 Å². The lowest BCUT2D eigenvalue weighted by atomic mass is 10.0. The first kappa shape index (κ1) is 13.9. The second-order valence-electron chi connectivity index (χ2n) is 4.47. The number of hydrogen-bond donors (Lipinski definition) is 1. The molecule has 1 N–H and O–H groups in total. The molecule has 5 heteroatoms. The molecule has 0 fully saturated rings. The summed E-state index contributed by atoms with van der Waals surface area (Å²) in [7, 11) is 1.66. The molecule has 0 saturated heterocycles. The van der Waals surface area contributed by atoms with Crippen molar-refractivity contribution in [3.05, 3.63) is 59.5 Å². The van der Waals surface area contributed by atoms with Crippen LogP contribution >= 0.6 is 0 Å². The average molecular weight is 273 g/mol. The number of carbonyl (C=O) groups excluding carboxylic acids is 1. The van der Waals surface area contributed by atoms with Crippen molar-refractivity contribution >= 4 is 11.9 Å². The van der Waals surface area contributed by atoms with Crippen LogP contribution < -0.4 is 0 Å². The molecule has 0 aliphatic carbocycles. The minimum absolute atomic E-state index is 0.0552. The molecule has 0 bridgehead atoms. The molecule has 0 spiro atoms. The standard InChI is InChI=1S/C15H15NO4/c1-16(10-12-6-4-8-20-12)14(17)9-11-5-2-3-7-13(11)15(18)19/h2-8H,9-10H2,1H3,(H,18,19). The number of rotatable bonds is 5. The number of aromatic carboxylic acids is 1. The Kier molecular flexibility index (Phi) is 4.20. The summed E-state index contributed by atoms with van der Waals surface area (Å²) < 4.78 is 5.18. The van der Waals surface area contributed by atoms with Crippen molar-refractivity contribution in [2.24, 2.45) is 0 Å². The number of amides is 1. The van der Waals surface area contributed by atoms with Crippen molar-refractivity contribution in [1.82, 2.24) is 4.90 Å². The van der Waals surface area contributed by atoms with E-state index in [1.54, 1.807) is 43.6 Å². The predicted molar refractivity (Wildman–Crippen MR) is 72.3 cm³/mol. The Morgan fingerprint density at radius 1 is 1.20 bits per heavy atom. The van der Waals surface area contributed by atoms with E-state index < -0.39 is 5.97 Å². The van der Waals surface area contributed by atoms with Crippen LogP contribution in [0.4, 0.5) is 0 Å². The summed E-state index contributed by atoms with van der Waals surface area (Å²) >= 11 is 0. The zero-order valence-electron chi connectivity index (χ0n) is 11.1. The van der Waals surface area contributed by atoms with Gasteiger partial charge in [-0.15, -0.1) is 0 Å². The maximum Gasteiger partial charge on any atom is 0.335 e. The van der Waals surface area contributed by atoms with E-state index in [0.29, 0.717) is 17.9 Å². The monoisotopic (exact) mass is 273 g/mol. The van der Waals surface area contributed by atoms with Crippen LogP contribution in [0.2, 0.25) is 0 Å². The fourth-order valence-corrected chi connectivity index (χ4v) is 1.91. The fraction of sp³-hybridized carbons (Fsp3) is 0.200. The Morgan fingerprint density at radius 3 is 2.60 bits per heavy atom. The molecule has 1 aromatic heterocycles. The maximum absolute atomic E-state index is 12.1. The summed E-state index contributed by atoms with van der Waals surface area (Å²) in [6, 6.07) is 10.1. The number of carbonyl (C=O) groups is 2. The van der Waals surface area contributed by atoms with Crippen LogP contribution in [0.1, 0.15) is 21.7 Å². The van der Waals surface area contributed by atoms with Gasteiger partial charge in [0.2, 0.25) is 5.91 Å². The molecule has 1 aromatic carbocycles. The predicted octanol–water partition coefficient (Wildman–Crippen LogP) is 2.18. The third-order valence-corrected chi connectivity index (χ3v) is 2.99. The normalized spacial score (nSPS) is 10.2. The number of hydrogen-bond acceptors (Lipinski definition) is 3. The number of carboxylic acids is 1. The van der Waals surface area contributed by atoms with Crippen LogP contribution in [0.25, 0.3) is 0 Å². The Bertz CT molecular complexity index is 604. The van der Waals surface area contributed by atoms with Gasteiger partial charge in [0.05, 0.1) is 24.8 Å². The van der Waals surface area contributed by atoms with E-state index in [2.05, 4.69) is 0 Å². The highest BCUT2D eigenvalue weighted by molar-refractivity contribution is 5.91. The van der Waals surface area contributed by atoms with Gasteiger partial charge in [0, 0.05) is 7.05 Å². The summed E-state index contributed by atoms with van der Waals surface area (Å²) in [5.41, 5.74) is 0.670. The maximum atomic E-state index is 12.1. The summed E-state index contributed by atoms with van der Waals surface area (Å²) in [6.07, 6.45) is 1.60. The van der Waals surface area contributed by atoms with Crippen molar-refractivity contribution in [2.75, 3.05) is 7.05 Å². The van der Waals surface area contributed by atoms with Gasteiger partial charge in [-0.3, -0.25) is 4.79 Å². The summed E-state index contributed by atoms with van der Waals surface area (Å²) in [4.78, 5) is 24.7. The molecule has 104 valence electrons. The Labute approximate surface area is 116 Å². The lowest BCUT2D eigenvalue weighted by Crippen LogP contribution is -2.28. The van der Waals surface area contributed by atoms with Crippen molar-refractivity contribution in [2.45, 2.75) is 13.0 Å². The summed E-state index contributed by atoms with van der Waals surface area (Å²) in [5.74, 6) is -0.496. The van der Waals surface area contributed by atoms with Gasteiger partial charge in [-0.1, -0.05) is 18.2 Å².